The first kappa shape index (κ1) is 10.8. The minimum Gasteiger partial charge on any atom is -0.472 e. The van der Waals surface area contributed by atoms with Crippen LogP contribution in [-0.2, 0) is 11.3 Å². The predicted octanol–water partition coefficient (Wildman–Crippen LogP) is 0.879. The third-order valence-electron chi connectivity index (χ3n) is 2.25. The van der Waals surface area contributed by atoms with Gasteiger partial charge in [-0.25, -0.2) is 0 Å². The van der Waals surface area contributed by atoms with Gasteiger partial charge >= 0.3 is 0 Å². The molecular weight excluding hydrogens is 180 g/mol. The summed E-state index contributed by atoms with van der Waals surface area (Å²) in [5.41, 5.74) is 6.56. The van der Waals surface area contributed by atoms with Crippen LogP contribution < -0.4 is 11.1 Å². The molecule has 0 saturated heterocycles. The fourth-order valence-electron chi connectivity index (χ4n) is 0.982. The molecule has 0 bridgehead atoms. The molecule has 1 heterocycles. The van der Waals surface area contributed by atoms with Crippen LogP contribution in [0.2, 0.25) is 0 Å². The number of nitrogens with one attached hydrogen (secondary N) is 1. The van der Waals surface area contributed by atoms with E-state index in [0.29, 0.717) is 6.54 Å². The van der Waals surface area contributed by atoms with Gasteiger partial charge in [0.25, 0.3) is 0 Å². The van der Waals surface area contributed by atoms with Gasteiger partial charge in [-0.15, -0.1) is 0 Å². The number of furan rings is 1. The molecule has 0 saturated carbocycles. The van der Waals surface area contributed by atoms with Gasteiger partial charge in [0.15, 0.2) is 0 Å². The van der Waals surface area contributed by atoms with Gasteiger partial charge in [0.1, 0.15) is 0 Å². The van der Waals surface area contributed by atoms with Gasteiger partial charge in [-0.2, -0.15) is 0 Å². The fraction of sp³-hybridized carbons (Fsp3) is 0.500. The summed E-state index contributed by atoms with van der Waals surface area (Å²) in [4.78, 5) is 11.5. The Morgan fingerprint density at radius 2 is 2.36 bits per heavy atom. The second kappa shape index (κ2) is 4.81. The van der Waals surface area contributed by atoms with Gasteiger partial charge in [0.05, 0.1) is 12.5 Å². The maximum Gasteiger partial charge on any atom is 0.224 e. The molecule has 4 nitrogen and oxygen atoms in total. The quantitative estimate of drug-likeness (QED) is 0.751. The molecule has 2 unspecified atom stereocenters. The van der Waals surface area contributed by atoms with Crippen LogP contribution >= 0.6 is 0 Å². The summed E-state index contributed by atoms with van der Waals surface area (Å²) in [7, 11) is 0. The number of carbonyl (C=O) groups excluding carboxylic acids is 1. The lowest BCUT2D eigenvalue weighted by Crippen LogP contribution is -2.38. The van der Waals surface area contributed by atoms with E-state index >= 15 is 0 Å². The van der Waals surface area contributed by atoms with Gasteiger partial charge in [-0.05, 0) is 13.0 Å². The largest absolute Gasteiger partial charge is 0.472 e. The van der Waals surface area contributed by atoms with Crippen LogP contribution in [0, 0.1) is 5.92 Å². The zero-order chi connectivity index (χ0) is 10.6. The van der Waals surface area contributed by atoms with E-state index in [9.17, 15) is 4.79 Å². The molecule has 0 spiro atoms. The number of amides is 1. The molecule has 14 heavy (non-hydrogen) atoms. The topological polar surface area (TPSA) is 68.3 Å². The third-order valence-corrected chi connectivity index (χ3v) is 2.25. The van der Waals surface area contributed by atoms with E-state index in [1.807, 2.05) is 19.9 Å². The Balaban J connectivity index is 2.35. The molecule has 1 aromatic rings. The fourth-order valence-corrected chi connectivity index (χ4v) is 0.982. The van der Waals surface area contributed by atoms with Crippen LogP contribution in [0.4, 0.5) is 0 Å². The first-order valence-electron chi connectivity index (χ1n) is 4.65. The molecule has 1 aromatic heterocycles. The van der Waals surface area contributed by atoms with E-state index in [-0.39, 0.29) is 17.9 Å². The van der Waals surface area contributed by atoms with E-state index in [0.717, 1.165) is 5.56 Å². The lowest BCUT2D eigenvalue weighted by Gasteiger charge is -2.14. The van der Waals surface area contributed by atoms with Crippen molar-refractivity contribution in [2.24, 2.45) is 11.7 Å². The summed E-state index contributed by atoms with van der Waals surface area (Å²) in [5, 5.41) is 2.79. The van der Waals surface area contributed by atoms with Crippen molar-refractivity contribution < 1.29 is 9.21 Å². The molecule has 2 atom stereocenters. The average Bonchev–Trinajstić information content (AvgIpc) is 2.65. The summed E-state index contributed by atoms with van der Waals surface area (Å²) in [6, 6.07) is 1.69. The van der Waals surface area contributed by atoms with Crippen molar-refractivity contribution >= 4 is 5.91 Å². The van der Waals surface area contributed by atoms with Crippen molar-refractivity contribution in [2.75, 3.05) is 0 Å². The Labute approximate surface area is 83.5 Å². The molecule has 4 heteroatoms. The van der Waals surface area contributed by atoms with Crippen molar-refractivity contribution in [3.63, 3.8) is 0 Å². The standard InChI is InChI=1S/C10H16N2O2/c1-7(8(2)11)10(13)12-5-9-3-4-14-6-9/h3-4,6-8H,5,11H2,1-2H3,(H,12,13). The molecule has 0 aliphatic rings. The molecule has 0 radical (unpaired) electrons. The molecule has 1 rings (SSSR count). The van der Waals surface area contributed by atoms with Crippen LogP contribution in [0.3, 0.4) is 0 Å². The lowest BCUT2D eigenvalue weighted by atomic mass is 10.0. The normalized spacial score (nSPS) is 14.8. The van der Waals surface area contributed by atoms with Gasteiger partial charge in [-0.3, -0.25) is 4.79 Å². The highest BCUT2D eigenvalue weighted by Crippen LogP contribution is 2.02. The van der Waals surface area contributed by atoms with Gasteiger partial charge in [0.2, 0.25) is 5.91 Å². The molecule has 1 amide bonds. The summed E-state index contributed by atoms with van der Waals surface area (Å²) in [5.74, 6) is -0.192. The van der Waals surface area contributed by atoms with Crippen molar-refractivity contribution in [2.45, 2.75) is 26.4 Å². The van der Waals surface area contributed by atoms with E-state index in [4.69, 9.17) is 10.2 Å². The van der Waals surface area contributed by atoms with E-state index in [1.165, 1.54) is 0 Å². The molecule has 0 aliphatic heterocycles. The van der Waals surface area contributed by atoms with Crippen LogP contribution in [-0.4, -0.2) is 11.9 Å². The first-order valence-corrected chi connectivity index (χ1v) is 4.65. The highest BCUT2D eigenvalue weighted by molar-refractivity contribution is 5.78. The minimum absolute atomic E-state index is 0.0267. The highest BCUT2D eigenvalue weighted by Gasteiger charge is 2.16. The Bertz CT molecular complexity index is 280. The Morgan fingerprint density at radius 1 is 1.64 bits per heavy atom. The summed E-state index contributed by atoms with van der Waals surface area (Å²) < 4.78 is 4.88. The van der Waals surface area contributed by atoms with Crippen molar-refractivity contribution in [1.29, 1.82) is 0 Å². The lowest BCUT2D eigenvalue weighted by molar-refractivity contribution is -0.125. The summed E-state index contributed by atoms with van der Waals surface area (Å²) in [6.45, 7) is 4.13. The molecule has 0 aliphatic carbocycles. The van der Waals surface area contributed by atoms with Crippen LogP contribution in [0.15, 0.2) is 23.0 Å². The number of hydrogen-bond acceptors (Lipinski definition) is 3. The van der Waals surface area contributed by atoms with E-state index in [2.05, 4.69) is 5.32 Å². The molecule has 0 fully saturated rings. The summed E-state index contributed by atoms with van der Waals surface area (Å²) in [6.07, 6.45) is 3.19. The van der Waals surface area contributed by atoms with Crippen LogP contribution in [0.25, 0.3) is 0 Å². The summed E-state index contributed by atoms with van der Waals surface area (Å²) >= 11 is 0. The SMILES string of the molecule is CC(N)C(C)C(=O)NCc1ccoc1. The van der Waals surface area contributed by atoms with Crippen LogP contribution in [0.5, 0.6) is 0 Å². The zero-order valence-corrected chi connectivity index (χ0v) is 8.49. The van der Waals surface area contributed by atoms with Crippen molar-refractivity contribution in [3.8, 4) is 0 Å². The van der Waals surface area contributed by atoms with Gasteiger partial charge in [0, 0.05) is 24.1 Å². The number of hydrogen-bond donors (Lipinski definition) is 2. The monoisotopic (exact) mass is 196 g/mol. The smallest absolute Gasteiger partial charge is 0.224 e. The van der Waals surface area contributed by atoms with E-state index in [1.54, 1.807) is 12.5 Å². The first-order chi connectivity index (χ1) is 6.61. The van der Waals surface area contributed by atoms with E-state index < -0.39 is 0 Å². The second-order valence-electron chi connectivity index (χ2n) is 3.50. The van der Waals surface area contributed by atoms with Gasteiger partial charge < -0.3 is 15.5 Å². The Morgan fingerprint density at radius 3 is 2.86 bits per heavy atom. The number of nitrogens with two attached hydrogens (primary N) is 1. The molecule has 78 valence electrons. The number of rotatable bonds is 4. The Hall–Kier alpha value is -1.29. The highest BCUT2D eigenvalue weighted by atomic mass is 16.3. The van der Waals surface area contributed by atoms with Gasteiger partial charge in [-0.1, -0.05) is 6.92 Å². The molecular formula is C10H16N2O2. The maximum absolute atomic E-state index is 11.5. The van der Waals surface area contributed by atoms with Crippen LogP contribution in [0.1, 0.15) is 19.4 Å². The molecule has 0 aromatic carbocycles. The minimum atomic E-state index is -0.165. The Kier molecular flexibility index (Phi) is 3.71. The third kappa shape index (κ3) is 2.88. The van der Waals surface area contributed by atoms with Crippen molar-refractivity contribution in [3.05, 3.63) is 24.2 Å². The maximum atomic E-state index is 11.5. The average molecular weight is 196 g/mol. The predicted molar refractivity (Wildman–Crippen MR) is 53.4 cm³/mol. The molecule has 3 N–H and O–H groups in total. The number of carbonyl (C=O) groups is 1. The van der Waals surface area contributed by atoms with Crippen molar-refractivity contribution in [1.82, 2.24) is 5.32 Å². The zero-order valence-electron chi connectivity index (χ0n) is 8.49. The second-order valence-corrected chi connectivity index (χ2v) is 3.50.